The fraction of sp³-hybridized carbons (Fsp3) is 0.625. The second kappa shape index (κ2) is 3.49. The van der Waals surface area contributed by atoms with E-state index in [0.717, 1.165) is 6.08 Å². The summed E-state index contributed by atoms with van der Waals surface area (Å²) in [6.45, 7) is 3.73. The molecule has 0 amide bonds. The quantitative estimate of drug-likeness (QED) is 0.683. The van der Waals surface area contributed by atoms with E-state index in [-0.39, 0.29) is 0 Å². The molecule has 0 radical (unpaired) electrons. The summed E-state index contributed by atoms with van der Waals surface area (Å²) in [5.74, 6) is -1.12. The average Bonchev–Trinajstić information content (AvgIpc) is 1.82. The van der Waals surface area contributed by atoms with Crippen molar-refractivity contribution in [2.24, 2.45) is 5.73 Å². The maximum atomic E-state index is 12.2. The van der Waals surface area contributed by atoms with E-state index in [2.05, 4.69) is 0 Å². The summed E-state index contributed by atoms with van der Waals surface area (Å²) in [4.78, 5) is 11.0. The number of ketones is 1. The van der Waals surface area contributed by atoms with Crippen molar-refractivity contribution in [1.29, 1.82) is 0 Å². The molecular weight excluding hydrogens is 183 g/mol. The van der Waals surface area contributed by atoms with Crippen LogP contribution >= 0.6 is 0 Å². The molecule has 0 aromatic rings. The van der Waals surface area contributed by atoms with Crippen LogP contribution in [0.25, 0.3) is 0 Å². The zero-order valence-corrected chi connectivity index (χ0v) is 7.70. The van der Waals surface area contributed by atoms with Crippen LogP contribution in [-0.2, 0) is 4.79 Å². The molecule has 2 N–H and O–H groups in total. The first-order valence-electron chi connectivity index (χ1n) is 3.64. The van der Waals surface area contributed by atoms with Gasteiger partial charge in [0.05, 0.1) is 0 Å². The number of alkyl halides is 3. The Morgan fingerprint density at radius 1 is 1.31 bits per heavy atom. The molecule has 0 spiro atoms. The normalized spacial score (nSPS) is 16.2. The summed E-state index contributed by atoms with van der Waals surface area (Å²) in [5.41, 5.74) is 2.57. The second-order valence-corrected chi connectivity index (χ2v) is 3.29. The Labute approximate surface area is 74.6 Å². The van der Waals surface area contributed by atoms with E-state index in [9.17, 15) is 18.0 Å². The molecule has 13 heavy (non-hydrogen) atoms. The van der Waals surface area contributed by atoms with E-state index in [1.54, 1.807) is 0 Å². The van der Waals surface area contributed by atoms with Gasteiger partial charge in [-0.05, 0) is 26.8 Å². The second-order valence-electron chi connectivity index (χ2n) is 3.29. The van der Waals surface area contributed by atoms with Crippen LogP contribution in [-0.4, -0.2) is 17.5 Å². The lowest BCUT2D eigenvalue weighted by atomic mass is 9.96. The van der Waals surface area contributed by atoms with Gasteiger partial charge in [-0.25, -0.2) is 0 Å². The third kappa shape index (κ3) is 2.84. The highest BCUT2D eigenvalue weighted by Crippen LogP contribution is 2.29. The van der Waals surface area contributed by atoms with Crippen LogP contribution in [0.1, 0.15) is 20.8 Å². The van der Waals surface area contributed by atoms with Crippen molar-refractivity contribution in [3.05, 3.63) is 11.6 Å². The molecule has 0 aliphatic heterocycles. The molecule has 0 heterocycles. The molecule has 1 atom stereocenters. The Morgan fingerprint density at radius 3 is 1.92 bits per heavy atom. The maximum Gasteiger partial charge on any atom is 0.413 e. The molecule has 0 bridgehead atoms. The number of allylic oxidation sites excluding steroid dienone is 1. The van der Waals surface area contributed by atoms with Crippen molar-refractivity contribution in [2.75, 3.05) is 0 Å². The summed E-state index contributed by atoms with van der Waals surface area (Å²) in [6, 6.07) is 0. The molecular formula is C8H12F3NO. The first-order valence-corrected chi connectivity index (χ1v) is 3.64. The molecule has 1 unspecified atom stereocenters. The van der Waals surface area contributed by atoms with E-state index in [1.807, 2.05) is 0 Å². The van der Waals surface area contributed by atoms with E-state index >= 15 is 0 Å². The number of carbonyl (C=O) groups is 1. The van der Waals surface area contributed by atoms with Crippen molar-refractivity contribution < 1.29 is 18.0 Å². The summed E-state index contributed by atoms with van der Waals surface area (Å²) in [5, 5.41) is 0. The van der Waals surface area contributed by atoms with Gasteiger partial charge >= 0.3 is 6.18 Å². The predicted molar refractivity (Wildman–Crippen MR) is 43.1 cm³/mol. The van der Waals surface area contributed by atoms with Gasteiger partial charge in [0.2, 0.25) is 0 Å². The highest BCUT2D eigenvalue weighted by Gasteiger charge is 2.52. The van der Waals surface area contributed by atoms with E-state index in [1.165, 1.54) is 13.8 Å². The highest BCUT2D eigenvalue weighted by atomic mass is 19.4. The van der Waals surface area contributed by atoms with Crippen LogP contribution in [0.3, 0.4) is 0 Å². The molecule has 0 fully saturated rings. The van der Waals surface area contributed by atoms with Gasteiger partial charge in [0, 0.05) is 0 Å². The van der Waals surface area contributed by atoms with Crippen molar-refractivity contribution in [3.8, 4) is 0 Å². The van der Waals surface area contributed by atoms with Gasteiger partial charge in [-0.15, -0.1) is 0 Å². The Morgan fingerprint density at radius 2 is 1.69 bits per heavy atom. The molecule has 5 heteroatoms. The average molecular weight is 195 g/mol. The van der Waals surface area contributed by atoms with E-state index < -0.39 is 17.5 Å². The zero-order valence-electron chi connectivity index (χ0n) is 7.70. The van der Waals surface area contributed by atoms with Crippen molar-refractivity contribution >= 4 is 5.78 Å². The van der Waals surface area contributed by atoms with Gasteiger partial charge in [0.15, 0.2) is 11.3 Å². The number of rotatable bonds is 2. The molecule has 0 aromatic carbocycles. The van der Waals surface area contributed by atoms with Gasteiger partial charge in [0.25, 0.3) is 0 Å². The van der Waals surface area contributed by atoms with Crippen LogP contribution in [0.15, 0.2) is 11.6 Å². The number of halogens is 3. The topological polar surface area (TPSA) is 43.1 Å². The lowest BCUT2D eigenvalue weighted by molar-refractivity contribution is -0.183. The Bertz CT molecular complexity index is 236. The van der Waals surface area contributed by atoms with Crippen molar-refractivity contribution in [1.82, 2.24) is 0 Å². The molecule has 0 aliphatic carbocycles. The van der Waals surface area contributed by atoms with E-state index in [4.69, 9.17) is 5.73 Å². The van der Waals surface area contributed by atoms with Crippen molar-refractivity contribution in [3.63, 3.8) is 0 Å². The minimum absolute atomic E-state index is 0.492. The predicted octanol–water partition coefficient (Wildman–Crippen LogP) is 1.80. The summed E-state index contributed by atoms with van der Waals surface area (Å²) in [7, 11) is 0. The van der Waals surface area contributed by atoms with Gasteiger partial charge in [-0.3, -0.25) is 4.79 Å². The molecule has 0 saturated carbocycles. The summed E-state index contributed by atoms with van der Waals surface area (Å²) < 4.78 is 36.5. The number of nitrogens with two attached hydrogens (primary N) is 1. The monoisotopic (exact) mass is 195 g/mol. The third-order valence-electron chi connectivity index (χ3n) is 1.52. The largest absolute Gasteiger partial charge is 0.413 e. The molecule has 0 saturated heterocycles. The van der Waals surface area contributed by atoms with E-state index in [0.29, 0.717) is 12.5 Å². The van der Waals surface area contributed by atoms with Gasteiger partial charge in [-0.1, -0.05) is 5.57 Å². The Balaban J connectivity index is 4.87. The Hall–Kier alpha value is -0.840. The number of hydrogen-bond acceptors (Lipinski definition) is 2. The fourth-order valence-corrected chi connectivity index (χ4v) is 0.552. The lowest BCUT2D eigenvalue weighted by Gasteiger charge is -2.24. The fourth-order valence-electron chi connectivity index (χ4n) is 0.552. The van der Waals surface area contributed by atoms with Crippen LogP contribution in [0.5, 0.6) is 0 Å². The first-order chi connectivity index (χ1) is 5.59. The molecule has 76 valence electrons. The van der Waals surface area contributed by atoms with Gasteiger partial charge in [0.1, 0.15) is 0 Å². The summed E-state index contributed by atoms with van der Waals surface area (Å²) in [6.07, 6.45) is -3.82. The minimum Gasteiger partial charge on any atom is -0.311 e. The molecule has 0 aromatic heterocycles. The molecule has 0 rings (SSSR count). The van der Waals surface area contributed by atoms with Crippen LogP contribution in [0.4, 0.5) is 13.2 Å². The SMILES string of the molecule is CC(C)=CC(=O)C(C)(N)C(F)(F)F. The smallest absolute Gasteiger partial charge is 0.311 e. The number of hydrogen-bond donors (Lipinski definition) is 1. The zero-order chi connectivity index (χ0) is 10.9. The maximum absolute atomic E-state index is 12.2. The standard InChI is InChI=1S/C8H12F3NO/c1-5(2)4-6(13)7(3,12)8(9,10)11/h4H,12H2,1-3H3. The number of carbonyl (C=O) groups excluding carboxylic acids is 1. The van der Waals surface area contributed by atoms with Crippen LogP contribution in [0, 0.1) is 0 Å². The first kappa shape index (κ1) is 12.2. The van der Waals surface area contributed by atoms with Crippen molar-refractivity contribution in [2.45, 2.75) is 32.5 Å². The van der Waals surface area contributed by atoms with Crippen LogP contribution in [0.2, 0.25) is 0 Å². The third-order valence-corrected chi connectivity index (χ3v) is 1.52. The highest BCUT2D eigenvalue weighted by molar-refractivity contribution is 5.98. The molecule has 2 nitrogen and oxygen atoms in total. The summed E-state index contributed by atoms with van der Waals surface area (Å²) >= 11 is 0. The van der Waals surface area contributed by atoms with Gasteiger partial charge in [-0.2, -0.15) is 13.2 Å². The molecule has 0 aliphatic rings. The lowest BCUT2D eigenvalue weighted by Crippen LogP contribution is -2.56. The Kier molecular flexibility index (Phi) is 3.27. The van der Waals surface area contributed by atoms with Crippen LogP contribution < -0.4 is 5.73 Å². The van der Waals surface area contributed by atoms with Gasteiger partial charge < -0.3 is 5.73 Å². The minimum atomic E-state index is -4.71.